The molecule has 0 atom stereocenters. The van der Waals surface area contributed by atoms with Gasteiger partial charge in [0.25, 0.3) is 0 Å². The summed E-state index contributed by atoms with van der Waals surface area (Å²) in [6.45, 7) is 0.709. The van der Waals surface area contributed by atoms with Gasteiger partial charge in [-0.1, -0.05) is 42.5 Å². The molecule has 2 aromatic rings. The van der Waals surface area contributed by atoms with E-state index in [-0.39, 0.29) is 12.5 Å². The van der Waals surface area contributed by atoms with E-state index in [1.807, 2.05) is 12.1 Å². The summed E-state index contributed by atoms with van der Waals surface area (Å²) in [5.41, 5.74) is 1.22. The second kappa shape index (κ2) is 6.90. The summed E-state index contributed by atoms with van der Waals surface area (Å²) in [5.74, 6) is 0.00911. The molecule has 0 saturated carbocycles. The molecule has 0 saturated heterocycles. The molecule has 0 aliphatic carbocycles. The summed E-state index contributed by atoms with van der Waals surface area (Å²) >= 11 is 0. The van der Waals surface area contributed by atoms with E-state index < -0.39 is 0 Å². The fourth-order valence-corrected chi connectivity index (χ4v) is 2.07. The van der Waals surface area contributed by atoms with Crippen LogP contribution in [0, 0.1) is 0 Å². The van der Waals surface area contributed by atoms with Crippen LogP contribution in [0.25, 0.3) is 10.8 Å². The third kappa shape index (κ3) is 4.07. The van der Waals surface area contributed by atoms with Crippen molar-refractivity contribution in [2.75, 3.05) is 13.2 Å². The first-order valence-electron chi connectivity index (χ1n) is 6.65. The lowest BCUT2D eigenvalue weighted by atomic mass is 10.1. The summed E-state index contributed by atoms with van der Waals surface area (Å²) in [7, 11) is 0. The van der Waals surface area contributed by atoms with Gasteiger partial charge in [-0.3, -0.25) is 4.79 Å². The molecule has 0 radical (unpaired) electrons. The highest BCUT2D eigenvalue weighted by Crippen LogP contribution is 2.15. The van der Waals surface area contributed by atoms with Crippen molar-refractivity contribution in [2.45, 2.75) is 19.3 Å². The van der Waals surface area contributed by atoms with Crippen molar-refractivity contribution < 1.29 is 9.90 Å². The van der Waals surface area contributed by atoms with E-state index in [4.69, 9.17) is 5.11 Å². The van der Waals surface area contributed by atoms with E-state index in [2.05, 4.69) is 35.6 Å². The van der Waals surface area contributed by atoms with Crippen molar-refractivity contribution in [1.29, 1.82) is 0 Å². The molecule has 100 valence electrons. The molecule has 0 aliphatic rings. The molecule has 0 unspecified atom stereocenters. The molecule has 19 heavy (non-hydrogen) atoms. The standard InChI is InChI=1S/C16H19NO2/c18-11-3-6-16(19)17-10-9-13-7-8-14-4-1-2-5-15(14)12-13/h1-2,4-5,7-8,12,18H,3,6,9-11H2,(H,17,19). The first-order valence-corrected chi connectivity index (χ1v) is 6.65. The van der Waals surface area contributed by atoms with E-state index in [0.717, 1.165) is 6.42 Å². The van der Waals surface area contributed by atoms with Gasteiger partial charge in [-0.2, -0.15) is 0 Å². The van der Waals surface area contributed by atoms with Crippen molar-refractivity contribution in [1.82, 2.24) is 5.32 Å². The maximum Gasteiger partial charge on any atom is 0.220 e. The molecule has 0 spiro atoms. The number of aliphatic hydroxyl groups is 1. The maximum absolute atomic E-state index is 11.4. The maximum atomic E-state index is 11.4. The second-order valence-electron chi connectivity index (χ2n) is 4.61. The number of aliphatic hydroxyl groups excluding tert-OH is 1. The van der Waals surface area contributed by atoms with Gasteiger partial charge >= 0.3 is 0 Å². The number of hydrogen-bond donors (Lipinski definition) is 2. The van der Waals surface area contributed by atoms with E-state index >= 15 is 0 Å². The van der Waals surface area contributed by atoms with Gasteiger partial charge in [0.15, 0.2) is 0 Å². The Morgan fingerprint density at radius 2 is 1.89 bits per heavy atom. The van der Waals surface area contributed by atoms with Crippen LogP contribution < -0.4 is 5.32 Å². The summed E-state index contributed by atoms with van der Waals surface area (Å²) in [6.07, 6.45) is 1.76. The summed E-state index contributed by atoms with van der Waals surface area (Å²) in [5, 5.41) is 14.0. The topological polar surface area (TPSA) is 49.3 Å². The van der Waals surface area contributed by atoms with Crippen LogP contribution in [0.1, 0.15) is 18.4 Å². The highest BCUT2D eigenvalue weighted by atomic mass is 16.3. The number of benzene rings is 2. The Morgan fingerprint density at radius 1 is 1.11 bits per heavy atom. The first-order chi connectivity index (χ1) is 9.29. The Balaban J connectivity index is 1.86. The van der Waals surface area contributed by atoms with Gasteiger partial charge in [0.1, 0.15) is 0 Å². The number of carbonyl (C=O) groups excluding carboxylic acids is 1. The molecular formula is C16H19NO2. The lowest BCUT2D eigenvalue weighted by Crippen LogP contribution is -2.25. The number of fused-ring (bicyclic) bond motifs is 1. The second-order valence-corrected chi connectivity index (χ2v) is 4.61. The zero-order valence-corrected chi connectivity index (χ0v) is 10.9. The minimum atomic E-state index is 0.00911. The molecule has 0 aliphatic heterocycles. The zero-order chi connectivity index (χ0) is 13.5. The Labute approximate surface area is 113 Å². The van der Waals surface area contributed by atoms with Crippen molar-refractivity contribution >= 4 is 16.7 Å². The monoisotopic (exact) mass is 257 g/mol. The number of carbonyl (C=O) groups is 1. The molecule has 1 amide bonds. The Hall–Kier alpha value is -1.87. The van der Waals surface area contributed by atoms with Crippen molar-refractivity contribution in [3.8, 4) is 0 Å². The first kappa shape index (κ1) is 13.6. The summed E-state index contributed by atoms with van der Waals surface area (Å²) in [4.78, 5) is 11.4. The van der Waals surface area contributed by atoms with Crippen LogP contribution in [0.4, 0.5) is 0 Å². The van der Waals surface area contributed by atoms with Crippen LogP contribution in [-0.4, -0.2) is 24.2 Å². The van der Waals surface area contributed by atoms with Gasteiger partial charge in [-0.15, -0.1) is 0 Å². The molecule has 2 N–H and O–H groups in total. The minimum Gasteiger partial charge on any atom is -0.396 e. The van der Waals surface area contributed by atoms with Crippen molar-refractivity contribution in [3.63, 3.8) is 0 Å². The fourth-order valence-electron chi connectivity index (χ4n) is 2.07. The number of amides is 1. The van der Waals surface area contributed by atoms with Gasteiger partial charge < -0.3 is 10.4 Å². The van der Waals surface area contributed by atoms with Gasteiger partial charge in [0.05, 0.1) is 0 Å². The highest BCUT2D eigenvalue weighted by Gasteiger charge is 2.00. The molecule has 2 rings (SSSR count). The molecule has 3 heteroatoms. The van der Waals surface area contributed by atoms with Crippen molar-refractivity contribution in [2.24, 2.45) is 0 Å². The molecule has 0 bridgehead atoms. The largest absolute Gasteiger partial charge is 0.396 e. The van der Waals surface area contributed by atoms with Crippen LogP contribution in [0.2, 0.25) is 0 Å². The quantitative estimate of drug-likeness (QED) is 0.834. The van der Waals surface area contributed by atoms with Crippen LogP contribution in [-0.2, 0) is 11.2 Å². The number of hydrogen-bond acceptors (Lipinski definition) is 2. The van der Waals surface area contributed by atoms with E-state index in [1.165, 1.54) is 16.3 Å². The van der Waals surface area contributed by atoms with Crippen LogP contribution in [0.15, 0.2) is 42.5 Å². The molecule has 3 nitrogen and oxygen atoms in total. The van der Waals surface area contributed by atoms with Crippen LogP contribution in [0.5, 0.6) is 0 Å². The predicted molar refractivity (Wildman–Crippen MR) is 77.0 cm³/mol. The molecule has 0 heterocycles. The molecule has 0 fully saturated rings. The Bertz CT molecular complexity index is 551. The summed E-state index contributed by atoms with van der Waals surface area (Å²) in [6, 6.07) is 14.6. The minimum absolute atomic E-state index is 0.00911. The van der Waals surface area contributed by atoms with Gasteiger partial charge in [-0.05, 0) is 29.2 Å². The van der Waals surface area contributed by atoms with E-state index in [9.17, 15) is 4.79 Å². The van der Waals surface area contributed by atoms with Crippen LogP contribution >= 0.6 is 0 Å². The Morgan fingerprint density at radius 3 is 2.68 bits per heavy atom. The smallest absolute Gasteiger partial charge is 0.220 e. The van der Waals surface area contributed by atoms with Crippen molar-refractivity contribution in [3.05, 3.63) is 48.0 Å². The Kier molecular flexibility index (Phi) is 4.93. The SMILES string of the molecule is O=C(CCCO)NCCc1ccc2ccccc2c1. The highest BCUT2D eigenvalue weighted by molar-refractivity contribution is 5.83. The predicted octanol–water partition coefficient (Wildman–Crippen LogP) is 2.27. The third-order valence-corrected chi connectivity index (χ3v) is 3.11. The number of nitrogens with one attached hydrogen (secondary N) is 1. The van der Waals surface area contributed by atoms with Crippen LogP contribution in [0.3, 0.4) is 0 Å². The lowest BCUT2D eigenvalue weighted by molar-refractivity contribution is -0.121. The van der Waals surface area contributed by atoms with E-state index in [1.54, 1.807) is 0 Å². The van der Waals surface area contributed by atoms with E-state index in [0.29, 0.717) is 19.4 Å². The third-order valence-electron chi connectivity index (χ3n) is 3.11. The van der Waals surface area contributed by atoms with Gasteiger partial charge in [0, 0.05) is 19.6 Å². The lowest BCUT2D eigenvalue weighted by Gasteiger charge is -2.06. The zero-order valence-electron chi connectivity index (χ0n) is 10.9. The normalized spacial score (nSPS) is 10.6. The molecule has 0 aromatic heterocycles. The molecule has 2 aromatic carbocycles. The van der Waals surface area contributed by atoms with Gasteiger partial charge in [0.2, 0.25) is 5.91 Å². The van der Waals surface area contributed by atoms with Gasteiger partial charge in [-0.25, -0.2) is 0 Å². The number of rotatable bonds is 6. The molecular weight excluding hydrogens is 238 g/mol. The average Bonchev–Trinajstić information content (AvgIpc) is 2.45. The summed E-state index contributed by atoms with van der Waals surface area (Å²) < 4.78 is 0. The fraction of sp³-hybridized carbons (Fsp3) is 0.312. The average molecular weight is 257 g/mol.